The molecule has 6 heteroatoms. The molecule has 114 valence electrons. The number of aliphatic hydroxyl groups excluding tert-OH is 2. The van der Waals surface area contributed by atoms with Crippen molar-refractivity contribution in [2.24, 2.45) is 0 Å². The monoisotopic (exact) mass is 293 g/mol. The predicted octanol–water partition coefficient (Wildman–Crippen LogP) is 1.76. The van der Waals surface area contributed by atoms with Crippen LogP contribution in [0.5, 0.6) is 11.5 Å². The van der Waals surface area contributed by atoms with Crippen molar-refractivity contribution in [2.45, 2.75) is 13.2 Å². The van der Waals surface area contributed by atoms with Gasteiger partial charge >= 0.3 is 0 Å². The quantitative estimate of drug-likeness (QED) is 0.688. The van der Waals surface area contributed by atoms with Crippen LogP contribution in [0.3, 0.4) is 0 Å². The smallest absolute Gasteiger partial charge is 0.163 e. The Labute approximate surface area is 122 Å². The number of nitrogens with one attached hydrogen (secondary N) is 1. The van der Waals surface area contributed by atoms with Crippen LogP contribution in [0.1, 0.15) is 11.5 Å². The van der Waals surface area contributed by atoms with Crippen molar-refractivity contribution in [3.63, 3.8) is 0 Å². The molecule has 0 saturated heterocycles. The molecule has 0 atom stereocenters. The Morgan fingerprint density at radius 2 is 1.90 bits per heavy atom. The summed E-state index contributed by atoms with van der Waals surface area (Å²) in [5.41, 5.74) is 0.839. The highest BCUT2D eigenvalue weighted by molar-refractivity contribution is 5.54. The molecule has 1 aromatic heterocycles. The number of furan rings is 1. The second kappa shape index (κ2) is 7.56. The van der Waals surface area contributed by atoms with Gasteiger partial charge in [0.1, 0.15) is 24.7 Å². The van der Waals surface area contributed by atoms with E-state index in [-0.39, 0.29) is 19.8 Å². The maximum absolute atomic E-state index is 8.95. The average molecular weight is 293 g/mol. The minimum absolute atomic E-state index is 0.0584. The molecule has 0 amide bonds. The maximum atomic E-state index is 8.95. The number of hydrogen-bond acceptors (Lipinski definition) is 6. The summed E-state index contributed by atoms with van der Waals surface area (Å²) in [6.45, 7) is 0.530. The molecule has 2 rings (SSSR count). The number of rotatable bonds is 8. The summed E-state index contributed by atoms with van der Waals surface area (Å²) in [6, 6.07) is 8.99. The normalized spacial score (nSPS) is 10.4. The van der Waals surface area contributed by atoms with Gasteiger partial charge in [0.2, 0.25) is 0 Å². The van der Waals surface area contributed by atoms with Crippen LogP contribution in [0.4, 0.5) is 5.69 Å². The molecule has 6 nitrogen and oxygen atoms in total. The molecule has 21 heavy (non-hydrogen) atoms. The number of methoxy groups -OCH3 is 1. The van der Waals surface area contributed by atoms with Crippen LogP contribution >= 0.6 is 0 Å². The molecule has 3 N–H and O–H groups in total. The summed E-state index contributed by atoms with van der Waals surface area (Å²) in [5.74, 6) is 2.43. The van der Waals surface area contributed by atoms with Crippen LogP contribution in [0, 0.1) is 0 Å². The molecule has 0 bridgehead atoms. The molecule has 0 aliphatic carbocycles. The lowest BCUT2D eigenvalue weighted by atomic mass is 10.2. The summed E-state index contributed by atoms with van der Waals surface area (Å²) in [7, 11) is 1.56. The molecule has 0 aliphatic rings. The van der Waals surface area contributed by atoms with E-state index in [0.29, 0.717) is 23.8 Å². The lowest BCUT2D eigenvalue weighted by molar-refractivity contribution is 0.196. The molecule has 2 aromatic rings. The van der Waals surface area contributed by atoms with Crippen LogP contribution in [0.2, 0.25) is 0 Å². The standard InChI is InChI=1S/C15H19NO5/c1-19-14-5-2-11(8-15(14)20-7-6-17)16-9-12-3-4-13(10-18)21-12/h2-5,8,16-18H,6-7,9-10H2,1H3. The molecular weight excluding hydrogens is 274 g/mol. The Kier molecular flexibility index (Phi) is 5.48. The van der Waals surface area contributed by atoms with Crippen molar-refractivity contribution in [1.82, 2.24) is 0 Å². The highest BCUT2D eigenvalue weighted by Crippen LogP contribution is 2.30. The zero-order chi connectivity index (χ0) is 15.1. The average Bonchev–Trinajstić information content (AvgIpc) is 2.99. The zero-order valence-electron chi connectivity index (χ0n) is 11.8. The van der Waals surface area contributed by atoms with Gasteiger partial charge in [-0.15, -0.1) is 0 Å². The first-order chi connectivity index (χ1) is 10.3. The first-order valence-corrected chi connectivity index (χ1v) is 6.61. The third-order valence-corrected chi connectivity index (χ3v) is 2.85. The predicted molar refractivity (Wildman–Crippen MR) is 77.5 cm³/mol. The van der Waals surface area contributed by atoms with Crippen molar-refractivity contribution in [3.05, 3.63) is 41.9 Å². The third kappa shape index (κ3) is 4.14. The number of aliphatic hydroxyl groups is 2. The topological polar surface area (TPSA) is 84.1 Å². The van der Waals surface area contributed by atoms with Crippen LogP contribution in [0.15, 0.2) is 34.7 Å². The Bertz CT molecular complexity index is 567. The van der Waals surface area contributed by atoms with Gasteiger partial charge in [-0.1, -0.05) is 0 Å². The lowest BCUT2D eigenvalue weighted by Crippen LogP contribution is -2.04. The Morgan fingerprint density at radius 3 is 2.57 bits per heavy atom. The van der Waals surface area contributed by atoms with Crippen molar-refractivity contribution in [2.75, 3.05) is 25.6 Å². The Morgan fingerprint density at radius 1 is 1.10 bits per heavy atom. The van der Waals surface area contributed by atoms with Crippen LogP contribution in [0.25, 0.3) is 0 Å². The second-order valence-electron chi connectivity index (χ2n) is 4.32. The van der Waals surface area contributed by atoms with Gasteiger partial charge < -0.3 is 29.4 Å². The third-order valence-electron chi connectivity index (χ3n) is 2.85. The van der Waals surface area contributed by atoms with Crippen LogP contribution in [-0.2, 0) is 13.2 Å². The summed E-state index contributed by atoms with van der Waals surface area (Å²) >= 11 is 0. The fourth-order valence-corrected chi connectivity index (χ4v) is 1.85. The number of ether oxygens (including phenoxy) is 2. The van der Waals surface area contributed by atoms with E-state index >= 15 is 0 Å². The number of hydrogen-bond donors (Lipinski definition) is 3. The molecule has 1 heterocycles. The minimum atomic E-state index is -0.109. The van der Waals surface area contributed by atoms with Gasteiger partial charge in [0.25, 0.3) is 0 Å². The number of benzene rings is 1. The summed E-state index contributed by atoms with van der Waals surface area (Å²) < 4.78 is 16.0. The number of anilines is 1. The van der Waals surface area contributed by atoms with E-state index in [1.54, 1.807) is 25.3 Å². The van der Waals surface area contributed by atoms with Crippen molar-refractivity contribution >= 4 is 5.69 Å². The minimum Gasteiger partial charge on any atom is -0.493 e. The molecule has 0 fully saturated rings. The maximum Gasteiger partial charge on any atom is 0.163 e. The van der Waals surface area contributed by atoms with Crippen LogP contribution in [-0.4, -0.2) is 30.5 Å². The molecule has 0 unspecified atom stereocenters. The van der Waals surface area contributed by atoms with E-state index in [1.165, 1.54) is 0 Å². The highest BCUT2D eigenvalue weighted by atomic mass is 16.5. The molecule has 0 aliphatic heterocycles. The fourth-order valence-electron chi connectivity index (χ4n) is 1.85. The van der Waals surface area contributed by atoms with E-state index in [1.807, 2.05) is 12.1 Å². The molecule has 0 radical (unpaired) electrons. The van der Waals surface area contributed by atoms with Crippen molar-refractivity contribution in [1.29, 1.82) is 0 Å². The highest BCUT2D eigenvalue weighted by Gasteiger charge is 2.07. The van der Waals surface area contributed by atoms with Crippen molar-refractivity contribution < 1.29 is 24.1 Å². The van der Waals surface area contributed by atoms with Gasteiger partial charge in [-0.3, -0.25) is 0 Å². The fraction of sp³-hybridized carbons (Fsp3) is 0.333. The van der Waals surface area contributed by atoms with Gasteiger partial charge in [0, 0.05) is 11.8 Å². The van der Waals surface area contributed by atoms with Gasteiger partial charge in [0.05, 0.1) is 20.3 Å². The van der Waals surface area contributed by atoms with E-state index < -0.39 is 0 Å². The van der Waals surface area contributed by atoms with Gasteiger partial charge in [-0.05, 0) is 24.3 Å². The molecule has 0 spiro atoms. The largest absolute Gasteiger partial charge is 0.493 e. The van der Waals surface area contributed by atoms with E-state index in [9.17, 15) is 0 Å². The molecule has 1 aromatic carbocycles. The first kappa shape index (κ1) is 15.2. The molecule has 0 saturated carbocycles. The van der Waals surface area contributed by atoms with Gasteiger partial charge in [-0.2, -0.15) is 0 Å². The second-order valence-corrected chi connectivity index (χ2v) is 4.32. The van der Waals surface area contributed by atoms with E-state index in [0.717, 1.165) is 11.4 Å². The summed E-state index contributed by atoms with van der Waals surface area (Å²) in [4.78, 5) is 0. The van der Waals surface area contributed by atoms with Gasteiger partial charge in [0.15, 0.2) is 11.5 Å². The van der Waals surface area contributed by atoms with E-state index in [2.05, 4.69) is 5.32 Å². The SMILES string of the molecule is COc1ccc(NCc2ccc(CO)o2)cc1OCCO. The van der Waals surface area contributed by atoms with Crippen molar-refractivity contribution in [3.8, 4) is 11.5 Å². The van der Waals surface area contributed by atoms with Gasteiger partial charge in [-0.25, -0.2) is 0 Å². The van der Waals surface area contributed by atoms with E-state index in [4.69, 9.17) is 24.1 Å². The van der Waals surface area contributed by atoms with Crippen LogP contribution < -0.4 is 14.8 Å². The lowest BCUT2D eigenvalue weighted by Gasteiger charge is -2.12. The summed E-state index contributed by atoms with van der Waals surface area (Å²) in [6.07, 6.45) is 0. The Balaban J connectivity index is 2.02. The first-order valence-electron chi connectivity index (χ1n) is 6.61. The Hall–Kier alpha value is -2.18. The zero-order valence-corrected chi connectivity index (χ0v) is 11.8. The molecular formula is C15H19NO5. The summed E-state index contributed by atoms with van der Waals surface area (Å²) in [5, 5.41) is 21.0.